The number of ether oxygens (including phenoxy) is 2. The molecule has 1 aromatic rings. The Morgan fingerprint density at radius 3 is 2.73 bits per heavy atom. The lowest BCUT2D eigenvalue weighted by Gasteiger charge is -2.12. The molecule has 116 valence electrons. The van der Waals surface area contributed by atoms with Gasteiger partial charge in [0.15, 0.2) is 11.3 Å². The van der Waals surface area contributed by atoms with Gasteiger partial charge in [-0.15, -0.1) is 5.10 Å². The Morgan fingerprint density at radius 2 is 2.14 bits per heavy atom. The molecule has 0 saturated carbocycles. The number of benzene rings is 1. The number of hydrogen-bond acceptors (Lipinski definition) is 7. The van der Waals surface area contributed by atoms with Crippen molar-refractivity contribution in [3.63, 3.8) is 0 Å². The minimum atomic E-state index is -0.668. The zero-order valence-electron chi connectivity index (χ0n) is 12.1. The van der Waals surface area contributed by atoms with Gasteiger partial charge in [0.1, 0.15) is 5.75 Å². The molecule has 1 aliphatic rings. The summed E-state index contributed by atoms with van der Waals surface area (Å²) in [5.74, 6) is 0.427. The van der Waals surface area contributed by atoms with Crippen LogP contribution in [0.2, 0.25) is 0 Å². The summed E-state index contributed by atoms with van der Waals surface area (Å²) in [5, 5.41) is 10.9. The molecule has 1 saturated heterocycles. The molecule has 0 spiro atoms. The predicted molar refractivity (Wildman–Crippen MR) is 84.2 cm³/mol. The first kappa shape index (κ1) is 16.0. The van der Waals surface area contributed by atoms with Gasteiger partial charge in [0.05, 0.1) is 19.1 Å². The summed E-state index contributed by atoms with van der Waals surface area (Å²) < 4.78 is 10.0. The van der Waals surface area contributed by atoms with Gasteiger partial charge in [-0.05, 0) is 36.8 Å². The second-order valence-electron chi connectivity index (χ2n) is 4.34. The first-order chi connectivity index (χ1) is 10.6. The molecule has 1 atom stereocenters. The Bertz CT molecular complexity index is 613. The van der Waals surface area contributed by atoms with Gasteiger partial charge in [-0.2, -0.15) is 5.10 Å². The maximum absolute atomic E-state index is 11.3. The fourth-order valence-corrected chi connectivity index (χ4v) is 2.21. The van der Waals surface area contributed by atoms with Crippen LogP contribution < -0.4 is 10.1 Å². The van der Waals surface area contributed by atoms with E-state index >= 15 is 0 Å². The number of nitrogens with one attached hydrogen (secondary N) is 1. The second-order valence-corrected chi connectivity index (χ2v) is 5.30. The summed E-state index contributed by atoms with van der Waals surface area (Å²) in [6.45, 7) is 1.62. The van der Waals surface area contributed by atoms with Gasteiger partial charge in [0, 0.05) is 0 Å². The van der Waals surface area contributed by atoms with Crippen molar-refractivity contribution < 1.29 is 19.1 Å². The number of carbonyl (C=O) groups is 2. The Balaban J connectivity index is 1.91. The summed E-state index contributed by atoms with van der Waals surface area (Å²) in [6, 6.07) is 7.01. The van der Waals surface area contributed by atoms with Crippen molar-refractivity contribution in [3.05, 3.63) is 29.8 Å². The average molecular weight is 321 g/mol. The van der Waals surface area contributed by atoms with E-state index in [0.717, 1.165) is 5.56 Å². The molecular formula is C14H15N3O4S. The van der Waals surface area contributed by atoms with Crippen molar-refractivity contribution in [1.82, 2.24) is 5.32 Å². The Morgan fingerprint density at radius 1 is 1.41 bits per heavy atom. The third kappa shape index (κ3) is 4.59. The summed E-state index contributed by atoms with van der Waals surface area (Å²) in [5.41, 5.74) is 0.816. The average Bonchev–Trinajstić information content (AvgIpc) is 2.93. The number of rotatable bonds is 5. The molecule has 1 fully saturated rings. The van der Waals surface area contributed by atoms with E-state index in [1.165, 1.54) is 18.9 Å². The van der Waals surface area contributed by atoms with Gasteiger partial charge in [-0.3, -0.25) is 4.79 Å². The van der Waals surface area contributed by atoms with Crippen molar-refractivity contribution in [2.75, 3.05) is 12.9 Å². The predicted octanol–water partition coefficient (Wildman–Crippen LogP) is 1.18. The van der Waals surface area contributed by atoms with Crippen LogP contribution in [0.4, 0.5) is 0 Å². The highest BCUT2D eigenvalue weighted by Crippen LogP contribution is 2.14. The van der Waals surface area contributed by atoms with E-state index in [0.29, 0.717) is 16.7 Å². The third-order valence-electron chi connectivity index (χ3n) is 2.67. The van der Waals surface area contributed by atoms with Crippen LogP contribution in [0, 0.1) is 0 Å². The molecule has 0 bridgehead atoms. The van der Waals surface area contributed by atoms with Crippen molar-refractivity contribution in [2.45, 2.75) is 13.0 Å². The number of esters is 1. The number of thioether (sulfide) groups is 1. The summed E-state index contributed by atoms with van der Waals surface area (Å²) in [6.07, 6.45) is 0.893. The molecular weight excluding hydrogens is 306 g/mol. The number of amides is 1. The molecule has 0 radical (unpaired) electrons. The maximum Gasteiger partial charge on any atom is 0.346 e. The van der Waals surface area contributed by atoms with Gasteiger partial charge < -0.3 is 14.8 Å². The van der Waals surface area contributed by atoms with Crippen LogP contribution in [0.25, 0.3) is 0 Å². The van der Waals surface area contributed by atoms with Crippen molar-refractivity contribution in [3.8, 4) is 5.75 Å². The largest absolute Gasteiger partial charge is 0.479 e. The van der Waals surface area contributed by atoms with Crippen LogP contribution in [0.3, 0.4) is 0 Å². The zero-order chi connectivity index (χ0) is 15.9. The van der Waals surface area contributed by atoms with E-state index < -0.39 is 12.1 Å². The van der Waals surface area contributed by atoms with Crippen molar-refractivity contribution >= 4 is 35.0 Å². The molecule has 1 N–H and O–H groups in total. The van der Waals surface area contributed by atoms with E-state index in [1.807, 2.05) is 0 Å². The molecule has 1 aromatic carbocycles. The van der Waals surface area contributed by atoms with E-state index in [2.05, 4.69) is 20.3 Å². The van der Waals surface area contributed by atoms with Crippen LogP contribution in [0.5, 0.6) is 5.75 Å². The first-order valence-electron chi connectivity index (χ1n) is 6.46. The van der Waals surface area contributed by atoms with E-state index in [9.17, 15) is 9.59 Å². The quantitative estimate of drug-likeness (QED) is 0.500. The van der Waals surface area contributed by atoms with Crippen LogP contribution in [0.1, 0.15) is 12.5 Å². The molecule has 1 unspecified atom stereocenters. The molecule has 1 heterocycles. The molecule has 8 heteroatoms. The highest BCUT2D eigenvalue weighted by atomic mass is 32.2. The first-order valence-corrected chi connectivity index (χ1v) is 7.45. The molecule has 2 rings (SSSR count). The Kier molecular flexibility index (Phi) is 5.54. The zero-order valence-corrected chi connectivity index (χ0v) is 12.9. The smallest absolute Gasteiger partial charge is 0.346 e. The lowest BCUT2D eigenvalue weighted by Crippen LogP contribution is -2.24. The fourth-order valence-electron chi connectivity index (χ4n) is 1.58. The minimum absolute atomic E-state index is 0.0693. The molecule has 1 amide bonds. The topological polar surface area (TPSA) is 89.3 Å². The summed E-state index contributed by atoms with van der Waals surface area (Å²) in [7, 11) is 1.31. The van der Waals surface area contributed by atoms with Crippen LogP contribution in [-0.2, 0) is 14.3 Å². The summed E-state index contributed by atoms with van der Waals surface area (Å²) >= 11 is 1.31. The lowest BCUT2D eigenvalue weighted by atomic mass is 10.2. The van der Waals surface area contributed by atoms with Crippen LogP contribution in [-0.4, -0.2) is 42.2 Å². The third-order valence-corrected chi connectivity index (χ3v) is 3.53. The van der Waals surface area contributed by atoms with E-state index in [-0.39, 0.29) is 5.91 Å². The second kappa shape index (κ2) is 7.60. The summed E-state index contributed by atoms with van der Waals surface area (Å²) in [4.78, 5) is 22.2. The number of nitrogens with zero attached hydrogens (tertiary/aromatic N) is 2. The Labute approximate surface area is 131 Å². The van der Waals surface area contributed by atoms with Crippen molar-refractivity contribution in [2.24, 2.45) is 10.2 Å². The van der Waals surface area contributed by atoms with Gasteiger partial charge >= 0.3 is 5.97 Å². The van der Waals surface area contributed by atoms with Crippen LogP contribution >= 0.6 is 11.8 Å². The minimum Gasteiger partial charge on any atom is -0.479 e. The number of amidine groups is 1. The SMILES string of the molecule is COC(=O)C(C)Oc1ccc(C=NN=C2NC(=O)CS2)cc1. The van der Waals surface area contributed by atoms with Crippen molar-refractivity contribution in [1.29, 1.82) is 0 Å². The van der Waals surface area contributed by atoms with E-state index in [1.54, 1.807) is 37.4 Å². The molecule has 0 aromatic heterocycles. The van der Waals surface area contributed by atoms with Crippen LogP contribution in [0.15, 0.2) is 34.5 Å². The highest BCUT2D eigenvalue weighted by molar-refractivity contribution is 8.15. The lowest BCUT2D eigenvalue weighted by molar-refractivity contribution is -0.147. The molecule has 7 nitrogen and oxygen atoms in total. The molecule has 0 aliphatic carbocycles. The number of methoxy groups -OCH3 is 1. The standard InChI is InChI=1S/C14H15N3O4S/c1-9(13(19)20-2)21-11-5-3-10(4-6-11)7-15-17-14-16-12(18)8-22-14/h3-7,9H,8H2,1-2H3,(H,16,17,18). The van der Waals surface area contributed by atoms with Gasteiger partial charge in [0.2, 0.25) is 5.91 Å². The normalized spacial score (nSPS) is 17.5. The molecule has 22 heavy (non-hydrogen) atoms. The number of carbonyl (C=O) groups excluding carboxylic acids is 2. The maximum atomic E-state index is 11.3. The monoisotopic (exact) mass is 321 g/mol. The van der Waals surface area contributed by atoms with Gasteiger partial charge in [-0.25, -0.2) is 4.79 Å². The number of hydrogen-bond donors (Lipinski definition) is 1. The van der Waals surface area contributed by atoms with E-state index in [4.69, 9.17) is 4.74 Å². The van der Waals surface area contributed by atoms with Gasteiger partial charge in [-0.1, -0.05) is 11.8 Å². The fraction of sp³-hybridized carbons (Fsp3) is 0.286. The van der Waals surface area contributed by atoms with Gasteiger partial charge in [0.25, 0.3) is 0 Å². The Hall–Kier alpha value is -2.35. The molecule has 1 aliphatic heterocycles. The highest BCUT2D eigenvalue weighted by Gasteiger charge is 2.16.